The lowest BCUT2D eigenvalue weighted by atomic mass is 10.1. The number of hydrogen-bond donors (Lipinski definition) is 1. The van der Waals surface area contributed by atoms with Crippen molar-refractivity contribution in [3.8, 4) is 0 Å². The molecule has 0 saturated carbocycles. The van der Waals surface area contributed by atoms with Crippen molar-refractivity contribution in [3.05, 3.63) is 39.9 Å². The highest BCUT2D eigenvalue weighted by molar-refractivity contribution is 9.10. The minimum Gasteiger partial charge on any atom is -0.175 e. The molecule has 1 aromatic carbocycles. The molecule has 0 bridgehead atoms. The SMILES string of the molecule is Cc1cc(Br)cc(C=CCS)c1. The van der Waals surface area contributed by atoms with Gasteiger partial charge in [-0.25, -0.2) is 0 Å². The molecule has 0 aliphatic heterocycles. The van der Waals surface area contributed by atoms with Gasteiger partial charge in [0, 0.05) is 10.2 Å². The van der Waals surface area contributed by atoms with Crippen LogP contribution in [0.25, 0.3) is 6.08 Å². The van der Waals surface area contributed by atoms with Crippen LogP contribution < -0.4 is 0 Å². The molecule has 0 spiro atoms. The zero-order valence-corrected chi connectivity index (χ0v) is 9.40. The van der Waals surface area contributed by atoms with E-state index in [0.717, 1.165) is 10.2 Å². The lowest BCUT2D eigenvalue weighted by Gasteiger charge is -1.97. The minimum absolute atomic E-state index is 0.783. The van der Waals surface area contributed by atoms with Crippen molar-refractivity contribution in [2.24, 2.45) is 0 Å². The summed E-state index contributed by atoms with van der Waals surface area (Å²) in [7, 11) is 0. The Balaban J connectivity index is 2.93. The van der Waals surface area contributed by atoms with Gasteiger partial charge in [0.25, 0.3) is 0 Å². The Hall–Kier alpha value is -0.210. The van der Waals surface area contributed by atoms with E-state index in [1.165, 1.54) is 11.1 Å². The second-order valence-electron chi connectivity index (χ2n) is 2.65. The molecule has 0 nitrogen and oxygen atoms in total. The summed E-state index contributed by atoms with van der Waals surface area (Å²) in [4.78, 5) is 0. The average Bonchev–Trinajstić information content (AvgIpc) is 1.99. The van der Waals surface area contributed by atoms with Crippen molar-refractivity contribution in [1.82, 2.24) is 0 Å². The summed E-state index contributed by atoms with van der Waals surface area (Å²) < 4.78 is 1.13. The Labute approximate surface area is 87.2 Å². The number of aryl methyl sites for hydroxylation is 1. The maximum Gasteiger partial charge on any atom is 0.0183 e. The molecule has 0 N–H and O–H groups in total. The largest absolute Gasteiger partial charge is 0.175 e. The Kier molecular flexibility index (Phi) is 3.89. The number of thiol groups is 1. The van der Waals surface area contributed by atoms with Crippen molar-refractivity contribution in [2.45, 2.75) is 6.92 Å². The monoisotopic (exact) mass is 242 g/mol. The summed E-state index contributed by atoms with van der Waals surface area (Å²) >= 11 is 7.56. The van der Waals surface area contributed by atoms with Crippen LogP contribution in [-0.2, 0) is 0 Å². The van der Waals surface area contributed by atoms with E-state index in [1.54, 1.807) is 0 Å². The Bertz CT molecular complexity index is 272. The third-order valence-electron chi connectivity index (χ3n) is 1.48. The minimum atomic E-state index is 0.783. The van der Waals surface area contributed by atoms with Gasteiger partial charge in [-0.2, -0.15) is 12.6 Å². The molecule has 1 rings (SSSR count). The second kappa shape index (κ2) is 4.73. The number of halogens is 1. The predicted octanol–water partition coefficient (Wildman–Crippen LogP) is 3.70. The van der Waals surface area contributed by atoms with Crippen LogP contribution in [-0.4, -0.2) is 5.75 Å². The van der Waals surface area contributed by atoms with Gasteiger partial charge >= 0.3 is 0 Å². The molecule has 1 aromatic rings. The molecule has 0 unspecified atom stereocenters. The highest BCUT2D eigenvalue weighted by Gasteiger charge is 1.91. The van der Waals surface area contributed by atoms with Gasteiger partial charge in [-0.05, 0) is 30.2 Å². The highest BCUT2D eigenvalue weighted by atomic mass is 79.9. The quantitative estimate of drug-likeness (QED) is 0.752. The zero-order valence-electron chi connectivity index (χ0n) is 6.92. The number of benzene rings is 1. The fourth-order valence-electron chi connectivity index (χ4n) is 1.05. The summed E-state index contributed by atoms with van der Waals surface area (Å²) in [5.41, 5.74) is 2.49. The number of hydrogen-bond acceptors (Lipinski definition) is 1. The van der Waals surface area contributed by atoms with Crippen LogP contribution in [0.1, 0.15) is 11.1 Å². The molecule has 0 fully saturated rings. The molecule has 0 saturated heterocycles. The molecule has 64 valence electrons. The van der Waals surface area contributed by atoms with Crippen LogP contribution in [0.2, 0.25) is 0 Å². The van der Waals surface area contributed by atoms with E-state index in [1.807, 2.05) is 6.08 Å². The average molecular weight is 243 g/mol. The first kappa shape index (κ1) is 9.87. The number of rotatable bonds is 2. The summed E-state index contributed by atoms with van der Waals surface area (Å²) in [6.45, 7) is 2.09. The normalized spacial score (nSPS) is 10.9. The summed E-state index contributed by atoms with van der Waals surface area (Å²) in [6.07, 6.45) is 4.11. The van der Waals surface area contributed by atoms with Gasteiger partial charge in [0.15, 0.2) is 0 Å². The maximum absolute atomic E-state index is 4.10. The van der Waals surface area contributed by atoms with E-state index in [0.29, 0.717) is 0 Å². The molecule has 0 radical (unpaired) electrons. The van der Waals surface area contributed by atoms with Gasteiger partial charge in [-0.3, -0.25) is 0 Å². The molecule has 0 aliphatic carbocycles. The van der Waals surface area contributed by atoms with Crippen LogP contribution in [0.5, 0.6) is 0 Å². The molecule has 0 aromatic heterocycles. The molecule has 0 heterocycles. The van der Waals surface area contributed by atoms with Crippen LogP contribution in [0.4, 0.5) is 0 Å². The van der Waals surface area contributed by atoms with Crippen molar-refractivity contribution in [3.63, 3.8) is 0 Å². The van der Waals surface area contributed by atoms with Crippen molar-refractivity contribution >= 4 is 34.6 Å². The Morgan fingerprint density at radius 3 is 2.75 bits per heavy atom. The van der Waals surface area contributed by atoms with Gasteiger partial charge < -0.3 is 0 Å². The Morgan fingerprint density at radius 1 is 1.42 bits per heavy atom. The lowest BCUT2D eigenvalue weighted by Crippen LogP contribution is -1.77. The topological polar surface area (TPSA) is 0 Å². The van der Waals surface area contributed by atoms with E-state index in [4.69, 9.17) is 0 Å². The predicted molar refractivity (Wildman–Crippen MR) is 61.8 cm³/mol. The van der Waals surface area contributed by atoms with Crippen molar-refractivity contribution in [1.29, 1.82) is 0 Å². The lowest BCUT2D eigenvalue weighted by molar-refractivity contribution is 1.44. The Morgan fingerprint density at radius 2 is 2.17 bits per heavy atom. The fourth-order valence-corrected chi connectivity index (χ4v) is 1.78. The van der Waals surface area contributed by atoms with Crippen LogP contribution >= 0.6 is 28.6 Å². The van der Waals surface area contributed by atoms with Gasteiger partial charge in [0.1, 0.15) is 0 Å². The van der Waals surface area contributed by atoms with Crippen LogP contribution in [0.3, 0.4) is 0 Å². The summed E-state index contributed by atoms with van der Waals surface area (Å²) in [5, 5.41) is 0. The molecule has 0 aliphatic rings. The van der Waals surface area contributed by atoms with E-state index < -0.39 is 0 Å². The van der Waals surface area contributed by atoms with Crippen LogP contribution in [0.15, 0.2) is 28.7 Å². The van der Waals surface area contributed by atoms with Crippen molar-refractivity contribution < 1.29 is 0 Å². The molecule has 0 atom stereocenters. The molecule has 12 heavy (non-hydrogen) atoms. The molecule has 0 amide bonds. The van der Waals surface area contributed by atoms with Gasteiger partial charge in [-0.15, -0.1) is 0 Å². The zero-order chi connectivity index (χ0) is 8.97. The molecular formula is C10H11BrS. The fraction of sp³-hybridized carbons (Fsp3) is 0.200. The van der Waals surface area contributed by atoms with Gasteiger partial charge in [0.05, 0.1) is 0 Å². The first-order chi connectivity index (χ1) is 5.72. The third kappa shape index (κ3) is 3.03. The van der Waals surface area contributed by atoms with Crippen molar-refractivity contribution in [2.75, 3.05) is 5.75 Å². The first-order valence-electron chi connectivity index (χ1n) is 3.77. The maximum atomic E-state index is 4.10. The van der Waals surface area contributed by atoms with E-state index in [9.17, 15) is 0 Å². The molecular weight excluding hydrogens is 232 g/mol. The first-order valence-corrected chi connectivity index (χ1v) is 5.19. The highest BCUT2D eigenvalue weighted by Crippen LogP contribution is 2.16. The van der Waals surface area contributed by atoms with Crippen LogP contribution in [0, 0.1) is 6.92 Å². The third-order valence-corrected chi connectivity index (χ3v) is 2.15. The van der Waals surface area contributed by atoms with E-state index in [-0.39, 0.29) is 0 Å². The summed E-state index contributed by atoms with van der Waals surface area (Å²) in [6, 6.07) is 6.33. The standard InChI is InChI=1S/C10H11BrS/c1-8-5-9(3-2-4-12)7-10(11)6-8/h2-3,5-7,12H,4H2,1H3. The molecule has 2 heteroatoms. The van der Waals surface area contributed by atoms with E-state index in [2.05, 4.69) is 59.8 Å². The smallest absolute Gasteiger partial charge is 0.0183 e. The van der Waals surface area contributed by atoms with E-state index >= 15 is 0 Å². The summed E-state index contributed by atoms with van der Waals surface area (Å²) in [5.74, 6) is 0.783. The second-order valence-corrected chi connectivity index (χ2v) is 3.93. The van der Waals surface area contributed by atoms with Gasteiger partial charge in [-0.1, -0.05) is 34.1 Å². The van der Waals surface area contributed by atoms with Gasteiger partial charge in [0.2, 0.25) is 0 Å².